The third-order valence-electron chi connectivity index (χ3n) is 3.31. The van der Waals surface area contributed by atoms with Crippen LogP contribution in [-0.2, 0) is 4.79 Å². The predicted octanol–water partition coefficient (Wildman–Crippen LogP) is 1.27. The van der Waals surface area contributed by atoms with Gasteiger partial charge in [0.2, 0.25) is 0 Å². The molecule has 0 bridgehead atoms. The van der Waals surface area contributed by atoms with Gasteiger partial charge in [0.05, 0.1) is 5.92 Å². The number of benzene rings is 1. The molecule has 0 saturated carbocycles. The molecule has 0 aromatic heterocycles. The normalized spacial score (nSPS) is 19.6. The summed E-state index contributed by atoms with van der Waals surface area (Å²) in [7, 11) is 0. The minimum Gasteiger partial charge on any atom is -0.481 e. The molecular formula is C13H17N3O2. The number of nitrogens with two attached hydrogens (primary N) is 1. The van der Waals surface area contributed by atoms with E-state index in [-0.39, 0.29) is 11.8 Å². The molecule has 1 unspecified atom stereocenters. The number of carbonyl (C=O) groups is 1. The van der Waals surface area contributed by atoms with Crippen LogP contribution in [0.2, 0.25) is 0 Å². The van der Waals surface area contributed by atoms with Crippen LogP contribution >= 0.6 is 0 Å². The lowest BCUT2D eigenvalue weighted by Crippen LogP contribution is -2.39. The van der Waals surface area contributed by atoms with Crippen LogP contribution in [0, 0.1) is 11.3 Å². The number of carboxylic acid groups (broad SMARTS) is 1. The van der Waals surface area contributed by atoms with E-state index in [4.69, 9.17) is 16.2 Å². The zero-order valence-electron chi connectivity index (χ0n) is 10.1. The van der Waals surface area contributed by atoms with Crippen LogP contribution in [0.1, 0.15) is 18.4 Å². The molecule has 96 valence electrons. The third-order valence-corrected chi connectivity index (χ3v) is 3.31. The molecule has 1 aromatic carbocycles. The Morgan fingerprint density at radius 3 is 2.83 bits per heavy atom. The largest absolute Gasteiger partial charge is 0.481 e. The van der Waals surface area contributed by atoms with Crippen LogP contribution in [-0.4, -0.2) is 30.0 Å². The monoisotopic (exact) mass is 247 g/mol. The second-order valence-corrected chi connectivity index (χ2v) is 4.55. The van der Waals surface area contributed by atoms with Gasteiger partial charge < -0.3 is 15.7 Å². The molecule has 2 rings (SSSR count). The van der Waals surface area contributed by atoms with Crippen molar-refractivity contribution in [3.05, 3.63) is 29.8 Å². The molecule has 0 spiro atoms. The SMILES string of the molecule is N=C(N)c1ccccc1N1CCCC(C(=O)O)C1. The number of nitrogen functional groups attached to an aromatic ring is 1. The molecule has 1 atom stereocenters. The first-order chi connectivity index (χ1) is 8.59. The first-order valence-electron chi connectivity index (χ1n) is 6.00. The molecule has 1 aliphatic heterocycles. The first-order valence-corrected chi connectivity index (χ1v) is 6.00. The Hall–Kier alpha value is -2.04. The number of hydrogen-bond acceptors (Lipinski definition) is 3. The number of carboxylic acids is 1. The maximum atomic E-state index is 11.1. The number of nitrogens with one attached hydrogen (secondary N) is 1. The van der Waals surface area contributed by atoms with E-state index in [0.29, 0.717) is 18.5 Å². The summed E-state index contributed by atoms with van der Waals surface area (Å²) in [5.74, 6) is -1.07. The smallest absolute Gasteiger partial charge is 0.308 e. The van der Waals surface area contributed by atoms with E-state index in [1.54, 1.807) is 6.07 Å². The van der Waals surface area contributed by atoms with E-state index < -0.39 is 5.97 Å². The maximum Gasteiger partial charge on any atom is 0.308 e. The zero-order chi connectivity index (χ0) is 13.1. The Bertz CT molecular complexity index is 473. The first kappa shape index (κ1) is 12.4. The van der Waals surface area contributed by atoms with Crippen LogP contribution in [0.15, 0.2) is 24.3 Å². The summed E-state index contributed by atoms with van der Waals surface area (Å²) >= 11 is 0. The standard InChI is InChI=1S/C13H17N3O2/c14-12(15)10-5-1-2-6-11(10)16-7-3-4-9(8-16)13(17)18/h1-2,5-6,9H,3-4,7-8H2,(H3,14,15)(H,17,18). The number of anilines is 1. The van der Waals surface area contributed by atoms with Gasteiger partial charge >= 0.3 is 5.97 Å². The van der Waals surface area contributed by atoms with Gasteiger partial charge in [-0.1, -0.05) is 12.1 Å². The molecule has 4 N–H and O–H groups in total. The van der Waals surface area contributed by atoms with Crippen molar-refractivity contribution in [2.24, 2.45) is 11.7 Å². The number of para-hydroxylation sites is 1. The highest BCUT2D eigenvalue weighted by Crippen LogP contribution is 2.26. The van der Waals surface area contributed by atoms with Crippen LogP contribution in [0.3, 0.4) is 0 Å². The van der Waals surface area contributed by atoms with Crippen molar-refractivity contribution in [1.29, 1.82) is 5.41 Å². The predicted molar refractivity (Wildman–Crippen MR) is 70.0 cm³/mol. The third kappa shape index (κ3) is 2.45. The van der Waals surface area contributed by atoms with Crippen molar-refractivity contribution in [2.45, 2.75) is 12.8 Å². The van der Waals surface area contributed by atoms with Crippen LogP contribution in [0.25, 0.3) is 0 Å². The van der Waals surface area contributed by atoms with Gasteiger partial charge in [0.15, 0.2) is 0 Å². The van der Waals surface area contributed by atoms with Crippen molar-refractivity contribution >= 4 is 17.5 Å². The van der Waals surface area contributed by atoms with Crippen molar-refractivity contribution in [3.8, 4) is 0 Å². The van der Waals surface area contributed by atoms with E-state index in [2.05, 4.69) is 0 Å². The van der Waals surface area contributed by atoms with Gasteiger partial charge in [-0.05, 0) is 25.0 Å². The van der Waals surface area contributed by atoms with Crippen LogP contribution < -0.4 is 10.6 Å². The van der Waals surface area contributed by atoms with E-state index in [1.807, 2.05) is 23.1 Å². The van der Waals surface area contributed by atoms with Gasteiger partial charge in [-0.3, -0.25) is 10.2 Å². The van der Waals surface area contributed by atoms with Gasteiger partial charge in [0.1, 0.15) is 5.84 Å². The second kappa shape index (κ2) is 5.08. The number of aliphatic carboxylic acids is 1. The highest BCUT2D eigenvalue weighted by molar-refractivity contribution is 6.00. The minimum atomic E-state index is -0.750. The van der Waals surface area contributed by atoms with Gasteiger partial charge in [0.25, 0.3) is 0 Å². The highest BCUT2D eigenvalue weighted by Gasteiger charge is 2.26. The van der Waals surface area contributed by atoms with Gasteiger partial charge in [0, 0.05) is 24.3 Å². The molecule has 5 heteroatoms. The Balaban J connectivity index is 2.26. The quantitative estimate of drug-likeness (QED) is 0.554. The van der Waals surface area contributed by atoms with Crippen LogP contribution in [0.5, 0.6) is 0 Å². The van der Waals surface area contributed by atoms with Crippen molar-refractivity contribution in [2.75, 3.05) is 18.0 Å². The molecule has 1 heterocycles. The average molecular weight is 247 g/mol. The topological polar surface area (TPSA) is 90.4 Å². The molecule has 1 aliphatic rings. The molecule has 0 aliphatic carbocycles. The van der Waals surface area contributed by atoms with E-state index in [9.17, 15) is 4.79 Å². The Morgan fingerprint density at radius 2 is 2.17 bits per heavy atom. The fourth-order valence-electron chi connectivity index (χ4n) is 2.37. The summed E-state index contributed by atoms with van der Waals surface area (Å²) in [6.07, 6.45) is 1.57. The van der Waals surface area contributed by atoms with E-state index >= 15 is 0 Å². The summed E-state index contributed by atoms with van der Waals surface area (Å²) in [6.45, 7) is 1.30. The number of piperidine rings is 1. The summed E-state index contributed by atoms with van der Waals surface area (Å²) < 4.78 is 0. The molecular weight excluding hydrogens is 230 g/mol. The van der Waals surface area contributed by atoms with Gasteiger partial charge in [-0.25, -0.2) is 0 Å². The number of rotatable bonds is 3. The fourth-order valence-corrected chi connectivity index (χ4v) is 2.37. The average Bonchev–Trinajstić information content (AvgIpc) is 2.39. The minimum absolute atomic E-state index is 0.0167. The highest BCUT2D eigenvalue weighted by atomic mass is 16.4. The lowest BCUT2D eigenvalue weighted by molar-refractivity contribution is -0.141. The molecule has 0 radical (unpaired) electrons. The Kier molecular flexibility index (Phi) is 3.50. The molecule has 5 nitrogen and oxygen atoms in total. The summed E-state index contributed by atoms with van der Waals surface area (Å²) in [6, 6.07) is 7.40. The lowest BCUT2D eigenvalue weighted by atomic mass is 9.97. The zero-order valence-corrected chi connectivity index (χ0v) is 10.1. The second-order valence-electron chi connectivity index (χ2n) is 4.55. The van der Waals surface area contributed by atoms with Gasteiger partial charge in [-0.2, -0.15) is 0 Å². The molecule has 0 amide bonds. The fraction of sp³-hybridized carbons (Fsp3) is 0.385. The summed E-state index contributed by atoms with van der Waals surface area (Å²) in [4.78, 5) is 13.1. The van der Waals surface area contributed by atoms with Crippen LogP contribution in [0.4, 0.5) is 5.69 Å². The molecule has 1 saturated heterocycles. The molecule has 1 aromatic rings. The number of hydrogen-bond donors (Lipinski definition) is 3. The lowest BCUT2D eigenvalue weighted by Gasteiger charge is -2.33. The number of amidine groups is 1. The van der Waals surface area contributed by atoms with E-state index in [0.717, 1.165) is 18.7 Å². The van der Waals surface area contributed by atoms with Crippen molar-refractivity contribution in [1.82, 2.24) is 0 Å². The van der Waals surface area contributed by atoms with E-state index in [1.165, 1.54) is 0 Å². The summed E-state index contributed by atoms with van der Waals surface area (Å²) in [5.41, 5.74) is 7.08. The van der Waals surface area contributed by atoms with Crippen molar-refractivity contribution < 1.29 is 9.90 Å². The summed E-state index contributed by atoms with van der Waals surface area (Å²) in [5, 5.41) is 16.7. The number of nitrogens with zero attached hydrogens (tertiary/aromatic N) is 1. The molecule has 1 fully saturated rings. The maximum absolute atomic E-state index is 11.1. The van der Waals surface area contributed by atoms with Crippen molar-refractivity contribution in [3.63, 3.8) is 0 Å². The molecule has 18 heavy (non-hydrogen) atoms. The Labute approximate surface area is 106 Å². The Morgan fingerprint density at radius 1 is 1.44 bits per heavy atom. The van der Waals surface area contributed by atoms with Gasteiger partial charge in [-0.15, -0.1) is 0 Å².